The van der Waals surface area contributed by atoms with Crippen molar-refractivity contribution >= 4 is 17.2 Å². The van der Waals surface area contributed by atoms with Crippen LogP contribution in [-0.4, -0.2) is 30.1 Å². The second-order valence-electron chi connectivity index (χ2n) is 4.72. The van der Waals surface area contributed by atoms with Crippen molar-refractivity contribution in [3.05, 3.63) is 22.4 Å². The molecule has 6 heteroatoms. The van der Waals surface area contributed by atoms with Gasteiger partial charge < -0.3 is 4.90 Å². The summed E-state index contributed by atoms with van der Waals surface area (Å²) in [5, 5.41) is 1.95. The van der Waals surface area contributed by atoms with Crippen molar-refractivity contribution in [2.24, 2.45) is 0 Å². The van der Waals surface area contributed by atoms with Gasteiger partial charge in [-0.2, -0.15) is 13.2 Å². The minimum atomic E-state index is -4.32. The van der Waals surface area contributed by atoms with Gasteiger partial charge in [-0.3, -0.25) is 4.79 Å². The van der Waals surface area contributed by atoms with Crippen LogP contribution in [0.5, 0.6) is 0 Å². The van der Waals surface area contributed by atoms with Crippen molar-refractivity contribution in [3.63, 3.8) is 0 Å². The molecule has 0 spiro atoms. The molecule has 0 saturated heterocycles. The normalized spacial score (nSPS) is 11.6. The van der Waals surface area contributed by atoms with E-state index in [1.54, 1.807) is 11.3 Å². The molecule has 0 saturated carbocycles. The lowest BCUT2D eigenvalue weighted by atomic mass is 10.2. The number of halogens is 3. The van der Waals surface area contributed by atoms with Gasteiger partial charge in [-0.15, -0.1) is 11.3 Å². The van der Waals surface area contributed by atoms with Crippen LogP contribution in [0.15, 0.2) is 17.5 Å². The molecule has 0 aromatic carbocycles. The summed E-state index contributed by atoms with van der Waals surface area (Å²) in [4.78, 5) is 14.0. The molecule has 1 amide bonds. The van der Waals surface area contributed by atoms with Gasteiger partial charge in [0.25, 0.3) is 0 Å². The Morgan fingerprint density at radius 1 is 1.35 bits per heavy atom. The van der Waals surface area contributed by atoms with Gasteiger partial charge in [0.2, 0.25) is 5.91 Å². The van der Waals surface area contributed by atoms with Crippen LogP contribution in [0.4, 0.5) is 13.2 Å². The fraction of sp³-hybridized carbons (Fsp3) is 0.643. The number of alkyl halides is 3. The lowest BCUT2D eigenvalue weighted by molar-refractivity contribution is -0.161. The molecule has 20 heavy (non-hydrogen) atoms. The van der Waals surface area contributed by atoms with E-state index in [4.69, 9.17) is 0 Å². The first kappa shape index (κ1) is 17.0. The average Bonchev–Trinajstić information content (AvgIpc) is 2.86. The molecule has 0 aliphatic heterocycles. The van der Waals surface area contributed by atoms with Crippen LogP contribution < -0.4 is 0 Å². The Morgan fingerprint density at radius 2 is 2.10 bits per heavy atom. The first-order valence-corrected chi connectivity index (χ1v) is 7.67. The highest BCUT2D eigenvalue weighted by atomic mass is 32.1. The van der Waals surface area contributed by atoms with Crippen LogP contribution in [0.1, 0.15) is 37.5 Å². The number of hydrogen-bond acceptors (Lipinski definition) is 2. The molecule has 0 atom stereocenters. The third kappa shape index (κ3) is 6.93. The largest absolute Gasteiger partial charge is 0.406 e. The Labute approximate surface area is 121 Å². The monoisotopic (exact) mass is 307 g/mol. The van der Waals surface area contributed by atoms with Crippen LogP contribution in [0.2, 0.25) is 0 Å². The number of carbonyl (C=O) groups is 1. The number of amides is 1. The molecule has 114 valence electrons. The number of hydrogen-bond donors (Lipinski definition) is 0. The zero-order valence-corrected chi connectivity index (χ0v) is 12.4. The van der Waals surface area contributed by atoms with Crippen molar-refractivity contribution in [3.8, 4) is 0 Å². The first-order chi connectivity index (χ1) is 9.42. The van der Waals surface area contributed by atoms with Gasteiger partial charge >= 0.3 is 6.18 Å². The Bertz CT molecular complexity index is 390. The van der Waals surface area contributed by atoms with Crippen molar-refractivity contribution in [1.82, 2.24) is 4.90 Å². The van der Waals surface area contributed by atoms with E-state index in [9.17, 15) is 18.0 Å². The van der Waals surface area contributed by atoms with Gasteiger partial charge in [-0.1, -0.05) is 19.4 Å². The number of aryl methyl sites for hydroxylation is 1. The highest BCUT2D eigenvalue weighted by Gasteiger charge is 2.32. The lowest BCUT2D eigenvalue weighted by Gasteiger charge is -2.23. The molecular formula is C14H20F3NOS. The molecule has 1 aromatic rings. The van der Waals surface area contributed by atoms with Crippen molar-refractivity contribution in [2.75, 3.05) is 13.1 Å². The SMILES string of the molecule is CCCCN(CC(F)(F)F)C(=O)CCCc1cccs1. The zero-order chi connectivity index (χ0) is 15.0. The maximum atomic E-state index is 12.4. The molecule has 1 rings (SSSR count). The van der Waals surface area contributed by atoms with Crippen molar-refractivity contribution in [1.29, 1.82) is 0 Å². The summed E-state index contributed by atoms with van der Waals surface area (Å²) in [5.74, 6) is -0.396. The summed E-state index contributed by atoms with van der Waals surface area (Å²) in [6.45, 7) is 0.950. The Hall–Kier alpha value is -1.04. The first-order valence-electron chi connectivity index (χ1n) is 6.79. The van der Waals surface area contributed by atoms with Gasteiger partial charge in [0.05, 0.1) is 0 Å². The maximum Gasteiger partial charge on any atom is 0.406 e. The molecule has 0 radical (unpaired) electrons. The molecule has 0 N–H and O–H groups in total. The summed E-state index contributed by atoms with van der Waals surface area (Å²) >= 11 is 1.60. The predicted molar refractivity (Wildman–Crippen MR) is 74.8 cm³/mol. The van der Waals surface area contributed by atoms with Crippen LogP contribution in [0.3, 0.4) is 0 Å². The fourth-order valence-electron chi connectivity index (χ4n) is 1.88. The summed E-state index contributed by atoms with van der Waals surface area (Å²) in [7, 11) is 0. The Balaban J connectivity index is 2.41. The van der Waals surface area contributed by atoms with Gasteiger partial charge in [0.15, 0.2) is 0 Å². The molecule has 2 nitrogen and oxygen atoms in total. The molecule has 1 aromatic heterocycles. The summed E-state index contributed by atoms with van der Waals surface area (Å²) < 4.78 is 37.3. The smallest absolute Gasteiger partial charge is 0.334 e. The van der Waals surface area contributed by atoms with Gasteiger partial charge in [-0.25, -0.2) is 0 Å². The lowest BCUT2D eigenvalue weighted by Crippen LogP contribution is -2.39. The molecule has 0 fully saturated rings. The van der Waals surface area contributed by atoms with E-state index in [1.807, 2.05) is 24.4 Å². The highest BCUT2D eigenvalue weighted by molar-refractivity contribution is 7.09. The zero-order valence-electron chi connectivity index (χ0n) is 11.6. The highest BCUT2D eigenvalue weighted by Crippen LogP contribution is 2.18. The number of thiophene rings is 1. The molecule has 0 unspecified atom stereocenters. The van der Waals surface area contributed by atoms with Crippen molar-refractivity contribution in [2.45, 2.75) is 45.2 Å². The second kappa shape index (κ2) is 8.29. The number of carbonyl (C=O) groups excluding carboxylic acids is 1. The number of nitrogens with zero attached hydrogens (tertiary/aromatic N) is 1. The molecule has 0 aliphatic rings. The van der Waals surface area contributed by atoms with Crippen LogP contribution in [-0.2, 0) is 11.2 Å². The third-order valence-electron chi connectivity index (χ3n) is 2.90. The Morgan fingerprint density at radius 3 is 2.65 bits per heavy atom. The predicted octanol–water partition coefficient (Wildman–Crippen LogP) is 4.26. The average molecular weight is 307 g/mol. The van der Waals surface area contributed by atoms with E-state index < -0.39 is 18.6 Å². The molecular weight excluding hydrogens is 287 g/mol. The van der Waals surface area contributed by atoms with Crippen LogP contribution in [0.25, 0.3) is 0 Å². The summed E-state index contributed by atoms with van der Waals surface area (Å²) in [6, 6.07) is 3.90. The van der Waals surface area contributed by atoms with E-state index >= 15 is 0 Å². The second-order valence-corrected chi connectivity index (χ2v) is 5.75. The molecule has 0 aliphatic carbocycles. The van der Waals surface area contributed by atoms with Crippen molar-refractivity contribution < 1.29 is 18.0 Å². The van der Waals surface area contributed by atoms with E-state index in [-0.39, 0.29) is 13.0 Å². The maximum absolute atomic E-state index is 12.4. The summed E-state index contributed by atoms with van der Waals surface area (Å²) in [5.41, 5.74) is 0. The van der Waals surface area contributed by atoms with E-state index in [2.05, 4.69) is 0 Å². The van der Waals surface area contributed by atoms with Crippen LogP contribution in [0, 0.1) is 0 Å². The van der Waals surface area contributed by atoms with Gasteiger partial charge in [-0.05, 0) is 30.7 Å². The van der Waals surface area contributed by atoms with Crippen LogP contribution >= 0.6 is 11.3 Å². The quantitative estimate of drug-likeness (QED) is 0.702. The molecule has 1 heterocycles. The Kier molecular flexibility index (Phi) is 7.05. The molecule has 0 bridgehead atoms. The van der Waals surface area contributed by atoms with Gasteiger partial charge in [0, 0.05) is 17.8 Å². The summed E-state index contributed by atoms with van der Waals surface area (Å²) in [6.07, 6.45) is -1.42. The standard InChI is InChI=1S/C14H20F3NOS/c1-2-3-9-18(11-14(15,16)17)13(19)8-4-6-12-7-5-10-20-12/h5,7,10H,2-4,6,8-9,11H2,1H3. The fourth-order valence-corrected chi connectivity index (χ4v) is 2.64. The van der Waals surface area contributed by atoms with E-state index in [0.717, 1.165) is 22.6 Å². The van der Waals surface area contributed by atoms with E-state index in [0.29, 0.717) is 12.8 Å². The minimum absolute atomic E-state index is 0.178. The topological polar surface area (TPSA) is 20.3 Å². The number of unbranched alkanes of at least 4 members (excludes halogenated alkanes) is 1. The number of rotatable bonds is 8. The minimum Gasteiger partial charge on any atom is -0.334 e. The van der Waals surface area contributed by atoms with Gasteiger partial charge in [0.1, 0.15) is 6.54 Å². The third-order valence-corrected chi connectivity index (χ3v) is 3.83. The van der Waals surface area contributed by atoms with E-state index in [1.165, 1.54) is 0 Å².